The van der Waals surface area contributed by atoms with Crippen molar-refractivity contribution in [3.05, 3.63) is 35.7 Å². The molecule has 0 atom stereocenters. The molecule has 0 spiro atoms. The SMILES string of the molecule is CCCc1nccn1-c1nc(C)cc(C(=O)O)n1. The van der Waals surface area contributed by atoms with Crippen LogP contribution in [0, 0.1) is 6.92 Å². The third-order valence-electron chi connectivity index (χ3n) is 2.47. The van der Waals surface area contributed by atoms with Crippen molar-refractivity contribution >= 4 is 5.97 Å². The van der Waals surface area contributed by atoms with E-state index in [-0.39, 0.29) is 5.69 Å². The second-order valence-corrected chi connectivity index (χ2v) is 3.96. The first-order valence-electron chi connectivity index (χ1n) is 5.73. The number of hydrogen-bond donors (Lipinski definition) is 1. The topological polar surface area (TPSA) is 80.9 Å². The molecule has 0 radical (unpaired) electrons. The lowest BCUT2D eigenvalue weighted by Gasteiger charge is -2.07. The Balaban J connectivity index is 2.49. The second kappa shape index (κ2) is 4.95. The summed E-state index contributed by atoms with van der Waals surface area (Å²) in [7, 11) is 0. The van der Waals surface area contributed by atoms with E-state index < -0.39 is 5.97 Å². The number of carboxylic acids is 1. The first-order valence-corrected chi connectivity index (χ1v) is 5.73. The molecule has 0 aliphatic rings. The fourth-order valence-corrected chi connectivity index (χ4v) is 1.70. The summed E-state index contributed by atoms with van der Waals surface area (Å²) in [6.07, 6.45) is 5.16. The molecule has 0 unspecified atom stereocenters. The summed E-state index contributed by atoms with van der Waals surface area (Å²) in [4.78, 5) is 23.5. The molecule has 0 saturated heterocycles. The summed E-state index contributed by atoms with van der Waals surface area (Å²) < 4.78 is 1.73. The van der Waals surface area contributed by atoms with Crippen LogP contribution in [0.3, 0.4) is 0 Å². The van der Waals surface area contributed by atoms with Crippen LogP contribution in [0.5, 0.6) is 0 Å². The number of carboxylic acid groups (broad SMARTS) is 1. The van der Waals surface area contributed by atoms with Crippen LogP contribution in [0.2, 0.25) is 0 Å². The Morgan fingerprint density at radius 1 is 1.44 bits per heavy atom. The summed E-state index contributed by atoms with van der Waals surface area (Å²) in [5.41, 5.74) is 0.613. The molecule has 2 heterocycles. The number of aromatic carboxylic acids is 1. The number of nitrogens with zero attached hydrogens (tertiary/aromatic N) is 4. The number of hydrogen-bond acceptors (Lipinski definition) is 4. The molecule has 0 aromatic carbocycles. The third kappa shape index (κ3) is 2.37. The molecule has 18 heavy (non-hydrogen) atoms. The van der Waals surface area contributed by atoms with Crippen LogP contribution in [0.25, 0.3) is 5.95 Å². The molecule has 6 nitrogen and oxygen atoms in total. The summed E-state index contributed by atoms with van der Waals surface area (Å²) in [6.45, 7) is 3.80. The molecule has 2 rings (SSSR count). The van der Waals surface area contributed by atoms with Gasteiger partial charge in [0.1, 0.15) is 5.82 Å². The quantitative estimate of drug-likeness (QED) is 0.886. The van der Waals surface area contributed by atoms with Crippen molar-refractivity contribution in [2.75, 3.05) is 0 Å². The van der Waals surface area contributed by atoms with E-state index in [0.29, 0.717) is 11.6 Å². The van der Waals surface area contributed by atoms with Gasteiger partial charge < -0.3 is 5.11 Å². The van der Waals surface area contributed by atoms with Gasteiger partial charge in [-0.25, -0.2) is 19.7 Å². The van der Waals surface area contributed by atoms with Crippen molar-refractivity contribution in [2.24, 2.45) is 0 Å². The highest BCUT2D eigenvalue weighted by Crippen LogP contribution is 2.10. The van der Waals surface area contributed by atoms with Gasteiger partial charge in [-0.2, -0.15) is 0 Å². The number of aromatic nitrogens is 4. The van der Waals surface area contributed by atoms with Crippen molar-refractivity contribution in [1.82, 2.24) is 19.5 Å². The van der Waals surface area contributed by atoms with E-state index in [1.165, 1.54) is 6.07 Å². The largest absolute Gasteiger partial charge is 0.477 e. The van der Waals surface area contributed by atoms with Crippen LogP contribution in [-0.2, 0) is 6.42 Å². The first kappa shape index (κ1) is 12.2. The lowest BCUT2D eigenvalue weighted by molar-refractivity contribution is 0.0690. The minimum atomic E-state index is -1.06. The molecule has 0 aliphatic heterocycles. The maximum Gasteiger partial charge on any atom is 0.354 e. The Morgan fingerprint density at radius 2 is 2.22 bits per heavy atom. The fraction of sp³-hybridized carbons (Fsp3) is 0.333. The molecule has 94 valence electrons. The Morgan fingerprint density at radius 3 is 2.89 bits per heavy atom. The zero-order valence-corrected chi connectivity index (χ0v) is 10.3. The first-order chi connectivity index (χ1) is 8.61. The van der Waals surface area contributed by atoms with Crippen molar-refractivity contribution < 1.29 is 9.90 Å². The molecule has 6 heteroatoms. The van der Waals surface area contributed by atoms with Crippen molar-refractivity contribution in [3.8, 4) is 5.95 Å². The molecular formula is C12H14N4O2. The van der Waals surface area contributed by atoms with Crippen LogP contribution >= 0.6 is 0 Å². The standard InChI is InChI=1S/C12H14N4O2/c1-3-4-10-13-5-6-16(10)12-14-8(2)7-9(15-12)11(17)18/h5-7H,3-4H2,1-2H3,(H,17,18). The average Bonchev–Trinajstić information content (AvgIpc) is 2.77. The second-order valence-electron chi connectivity index (χ2n) is 3.96. The summed E-state index contributed by atoms with van der Waals surface area (Å²) in [6, 6.07) is 1.45. The molecule has 2 aromatic heterocycles. The van der Waals surface area contributed by atoms with Gasteiger partial charge in [-0.05, 0) is 19.4 Å². The van der Waals surface area contributed by atoms with Crippen LogP contribution in [0.4, 0.5) is 0 Å². The van der Waals surface area contributed by atoms with Gasteiger partial charge in [0.2, 0.25) is 5.95 Å². The van der Waals surface area contributed by atoms with Gasteiger partial charge in [-0.15, -0.1) is 0 Å². The zero-order valence-electron chi connectivity index (χ0n) is 10.3. The molecule has 0 bridgehead atoms. The predicted octanol–water partition coefficient (Wildman–Crippen LogP) is 1.62. The molecule has 2 aromatic rings. The highest BCUT2D eigenvalue weighted by molar-refractivity contribution is 5.85. The summed E-state index contributed by atoms with van der Waals surface area (Å²) >= 11 is 0. The molecule has 0 saturated carbocycles. The van der Waals surface area contributed by atoms with E-state index in [0.717, 1.165) is 18.7 Å². The van der Waals surface area contributed by atoms with Crippen molar-refractivity contribution in [2.45, 2.75) is 26.7 Å². The van der Waals surface area contributed by atoms with E-state index in [2.05, 4.69) is 21.9 Å². The minimum Gasteiger partial charge on any atom is -0.477 e. The van der Waals surface area contributed by atoms with Gasteiger partial charge >= 0.3 is 5.97 Å². The molecule has 0 amide bonds. The predicted molar refractivity (Wildman–Crippen MR) is 64.8 cm³/mol. The van der Waals surface area contributed by atoms with E-state index in [4.69, 9.17) is 5.11 Å². The maximum absolute atomic E-state index is 11.0. The van der Waals surface area contributed by atoms with Gasteiger partial charge in [-0.1, -0.05) is 6.92 Å². The van der Waals surface area contributed by atoms with Crippen LogP contribution < -0.4 is 0 Å². The summed E-state index contributed by atoms with van der Waals surface area (Å²) in [5.74, 6) is 0.131. The van der Waals surface area contributed by atoms with Crippen LogP contribution in [-0.4, -0.2) is 30.6 Å². The van der Waals surface area contributed by atoms with Gasteiger partial charge in [-0.3, -0.25) is 4.57 Å². The zero-order chi connectivity index (χ0) is 13.1. The van der Waals surface area contributed by atoms with Gasteiger partial charge in [0.15, 0.2) is 5.69 Å². The van der Waals surface area contributed by atoms with Crippen molar-refractivity contribution in [3.63, 3.8) is 0 Å². The Bertz CT molecular complexity index is 577. The van der Waals surface area contributed by atoms with E-state index in [1.807, 2.05) is 0 Å². The number of rotatable bonds is 4. The van der Waals surface area contributed by atoms with E-state index >= 15 is 0 Å². The lowest BCUT2D eigenvalue weighted by atomic mass is 10.3. The highest BCUT2D eigenvalue weighted by atomic mass is 16.4. The Kier molecular flexibility index (Phi) is 3.36. The monoisotopic (exact) mass is 246 g/mol. The maximum atomic E-state index is 11.0. The van der Waals surface area contributed by atoms with Gasteiger partial charge in [0, 0.05) is 24.5 Å². The normalized spacial score (nSPS) is 10.6. The number of carbonyl (C=O) groups is 1. The molecule has 0 aliphatic carbocycles. The lowest BCUT2D eigenvalue weighted by Crippen LogP contribution is -2.10. The fourth-order valence-electron chi connectivity index (χ4n) is 1.70. The van der Waals surface area contributed by atoms with E-state index in [9.17, 15) is 4.79 Å². The molecular weight excluding hydrogens is 232 g/mol. The molecule has 0 fully saturated rings. The van der Waals surface area contributed by atoms with Gasteiger partial charge in [0.25, 0.3) is 0 Å². The number of imidazole rings is 1. The summed E-state index contributed by atoms with van der Waals surface area (Å²) in [5, 5.41) is 8.99. The van der Waals surface area contributed by atoms with Gasteiger partial charge in [0.05, 0.1) is 0 Å². The van der Waals surface area contributed by atoms with Crippen LogP contribution in [0.15, 0.2) is 18.5 Å². The Labute approximate surface area is 104 Å². The van der Waals surface area contributed by atoms with Crippen LogP contribution in [0.1, 0.15) is 35.4 Å². The third-order valence-corrected chi connectivity index (χ3v) is 2.47. The van der Waals surface area contributed by atoms with E-state index in [1.54, 1.807) is 23.9 Å². The van der Waals surface area contributed by atoms with Crippen molar-refractivity contribution in [1.29, 1.82) is 0 Å². The Hall–Kier alpha value is -2.24. The minimum absolute atomic E-state index is 0.00588. The average molecular weight is 246 g/mol. The highest BCUT2D eigenvalue weighted by Gasteiger charge is 2.12. The number of aryl methyl sites for hydroxylation is 2. The molecule has 1 N–H and O–H groups in total. The smallest absolute Gasteiger partial charge is 0.354 e.